The normalized spacial score (nSPS) is 20.2. The number of likely N-dealkylation sites (tertiary alicyclic amines) is 2. The molecule has 0 spiro atoms. The molecule has 0 aliphatic carbocycles. The van der Waals surface area contributed by atoms with E-state index in [2.05, 4.69) is 14.9 Å². The van der Waals surface area contributed by atoms with Crippen molar-refractivity contribution in [2.45, 2.75) is 37.5 Å². The lowest BCUT2D eigenvalue weighted by Crippen LogP contribution is -2.46. The number of nitrogens with zero attached hydrogens (tertiary/aromatic N) is 2. The van der Waals surface area contributed by atoms with Crippen LogP contribution < -0.4 is 21.7 Å². The summed E-state index contributed by atoms with van der Waals surface area (Å²) in [5.41, 5.74) is 4.42. The minimum absolute atomic E-state index is 0.0902. The number of nitrogens with two attached hydrogens (primary N) is 1. The zero-order valence-electron chi connectivity index (χ0n) is 16.7. The number of aromatic nitrogens is 2. The highest BCUT2D eigenvalue weighted by Crippen LogP contribution is 2.22. The Labute approximate surface area is 174 Å². The third-order valence-electron chi connectivity index (χ3n) is 5.10. The third kappa shape index (κ3) is 6.30. The number of carboxylic acids is 1. The first-order chi connectivity index (χ1) is 14.4. The summed E-state index contributed by atoms with van der Waals surface area (Å²) >= 11 is 0. The average Bonchev–Trinajstić information content (AvgIpc) is 3.17. The largest absolute Gasteiger partial charge is 0.490 e. The van der Waals surface area contributed by atoms with Crippen LogP contribution >= 0.6 is 0 Å². The van der Waals surface area contributed by atoms with Gasteiger partial charge < -0.3 is 20.5 Å². The number of amides is 1. The SMILES string of the molecule is COc1c(C(=O)N2CCC(N3CCC(N)CC3)C2)[nH]c(=O)[nH]c1=O.O=C(O)C(F)(F)F. The number of ether oxygens (including phenoxy) is 1. The van der Waals surface area contributed by atoms with Gasteiger partial charge in [0.25, 0.3) is 11.5 Å². The molecule has 31 heavy (non-hydrogen) atoms. The number of carboxylic acid groups (broad SMARTS) is 1. The fourth-order valence-electron chi connectivity index (χ4n) is 3.49. The van der Waals surface area contributed by atoms with Crippen LogP contribution in [0.25, 0.3) is 0 Å². The Bertz CT molecular complexity index is 907. The zero-order chi connectivity index (χ0) is 23.3. The second-order valence-electron chi connectivity index (χ2n) is 7.19. The van der Waals surface area contributed by atoms with Gasteiger partial charge >= 0.3 is 17.8 Å². The molecule has 5 N–H and O–H groups in total. The topological polar surface area (TPSA) is 162 Å². The number of nitrogens with one attached hydrogen (secondary N) is 2. The highest BCUT2D eigenvalue weighted by molar-refractivity contribution is 5.95. The van der Waals surface area contributed by atoms with E-state index in [1.807, 2.05) is 0 Å². The highest BCUT2D eigenvalue weighted by atomic mass is 19.4. The van der Waals surface area contributed by atoms with Gasteiger partial charge in [-0.25, -0.2) is 9.59 Å². The van der Waals surface area contributed by atoms with E-state index in [1.165, 1.54) is 7.11 Å². The van der Waals surface area contributed by atoms with Gasteiger partial charge in [-0.2, -0.15) is 13.2 Å². The van der Waals surface area contributed by atoms with Crippen molar-refractivity contribution in [3.8, 4) is 5.75 Å². The number of hydrogen-bond donors (Lipinski definition) is 4. The molecule has 1 amide bonds. The van der Waals surface area contributed by atoms with Crippen molar-refractivity contribution in [3.63, 3.8) is 0 Å². The Kier molecular flexibility index (Phi) is 7.84. The van der Waals surface area contributed by atoms with Crippen LogP contribution in [0, 0.1) is 0 Å². The van der Waals surface area contributed by atoms with Gasteiger partial charge in [0.05, 0.1) is 7.11 Å². The van der Waals surface area contributed by atoms with Gasteiger partial charge in [0, 0.05) is 25.2 Å². The minimum atomic E-state index is -5.08. The van der Waals surface area contributed by atoms with E-state index in [1.54, 1.807) is 4.90 Å². The second kappa shape index (κ2) is 9.96. The molecular formula is C17H24F3N5O6. The molecule has 2 fully saturated rings. The third-order valence-corrected chi connectivity index (χ3v) is 5.10. The van der Waals surface area contributed by atoms with Crippen molar-refractivity contribution in [2.24, 2.45) is 5.73 Å². The molecule has 14 heteroatoms. The predicted octanol–water partition coefficient (Wildman–Crippen LogP) is -0.657. The molecule has 0 saturated carbocycles. The van der Waals surface area contributed by atoms with Crippen molar-refractivity contribution < 1.29 is 32.6 Å². The summed E-state index contributed by atoms with van der Waals surface area (Å²) in [7, 11) is 1.30. The fraction of sp³-hybridized carbons (Fsp3) is 0.647. The lowest BCUT2D eigenvalue weighted by atomic mass is 10.0. The molecule has 3 rings (SSSR count). The molecule has 0 radical (unpaired) electrons. The van der Waals surface area contributed by atoms with Crippen molar-refractivity contribution in [3.05, 3.63) is 26.5 Å². The number of carbonyl (C=O) groups excluding carboxylic acids is 1. The Morgan fingerprint density at radius 1 is 1.13 bits per heavy atom. The number of halogens is 3. The molecule has 2 aliphatic rings. The van der Waals surface area contributed by atoms with Crippen LogP contribution in [0.5, 0.6) is 5.75 Å². The molecule has 11 nitrogen and oxygen atoms in total. The van der Waals surface area contributed by atoms with Crippen molar-refractivity contribution in [1.29, 1.82) is 0 Å². The first kappa shape index (κ1) is 24.4. The van der Waals surface area contributed by atoms with Gasteiger partial charge in [-0.05, 0) is 32.4 Å². The van der Waals surface area contributed by atoms with Crippen LogP contribution in [-0.2, 0) is 4.79 Å². The average molecular weight is 451 g/mol. The quantitative estimate of drug-likeness (QED) is 0.471. The van der Waals surface area contributed by atoms with Gasteiger partial charge in [0.2, 0.25) is 5.75 Å². The zero-order valence-corrected chi connectivity index (χ0v) is 16.7. The second-order valence-corrected chi connectivity index (χ2v) is 7.19. The maximum absolute atomic E-state index is 12.7. The van der Waals surface area contributed by atoms with Crippen molar-refractivity contribution in [1.82, 2.24) is 19.8 Å². The summed E-state index contributed by atoms with van der Waals surface area (Å²) in [5, 5.41) is 7.12. The molecule has 2 saturated heterocycles. The monoisotopic (exact) mass is 451 g/mol. The Morgan fingerprint density at radius 3 is 2.23 bits per heavy atom. The maximum atomic E-state index is 12.7. The minimum Gasteiger partial charge on any atom is -0.489 e. The summed E-state index contributed by atoms with van der Waals surface area (Å²) < 4.78 is 36.7. The Hall–Kier alpha value is -2.87. The summed E-state index contributed by atoms with van der Waals surface area (Å²) in [6.45, 7) is 3.05. The van der Waals surface area contributed by atoms with E-state index >= 15 is 0 Å². The van der Waals surface area contributed by atoms with Crippen LogP contribution in [0.2, 0.25) is 0 Å². The fourth-order valence-corrected chi connectivity index (χ4v) is 3.49. The lowest BCUT2D eigenvalue weighted by molar-refractivity contribution is -0.192. The van der Waals surface area contributed by atoms with Crippen molar-refractivity contribution >= 4 is 11.9 Å². The van der Waals surface area contributed by atoms with E-state index in [0.717, 1.165) is 32.4 Å². The number of aliphatic carboxylic acids is 1. The molecule has 3 heterocycles. The van der Waals surface area contributed by atoms with E-state index < -0.39 is 23.4 Å². The Balaban J connectivity index is 0.000000423. The highest BCUT2D eigenvalue weighted by Gasteiger charge is 2.38. The smallest absolute Gasteiger partial charge is 0.489 e. The van der Waals surface area contributed by atoms with Gasteiger partial charge in [-0.15, -0.1) is 0 Å². The van der Waals surface area contributed by atoms with Crippen molar-refractivity contribution in [2.75, 3.05) is 33.3 Å². The van der Waals surface area contributed by atoms with E-state index in [0.29, 0.717) is 19.1 Å². The molecular weight excluding hydrogens is 427 g/mol. The van der Waals surface area contributed by atoms with Crippen LogP contribution in [0.1, 0.15) is 29.8 Å². The number of methoxy groups -OCH3 is 1. The number of alkyl halides is 3. The van der Waals surface area contributed by atoms with Crippen LogP contribution in [0.3, 0.4) is 0 Å². The summed E-state index contributed by atoms with van der Waals surface area (Å²) in [4.78, 5) is 53.3. The summed E-state index contributed by atoms with van der Waals surface area (Å²) in [6, 6.07) is 0.562. The molecule has 1 aromatic rings. The van der Waals surface area contributed by atoms with E-state index in [-0.39, 0.29) is 23.4 Å². The first-order valence-electron chi connectivity index (χ1n) is 9.43. The van der Waals surface area contributed by atoms with Gasteiger partial charge in [0.15, 0.2) is 5.69 Å². The van der Waals surface area contributed by atoms with Gasteiger partial charge in [-0.1, -0.05) is 0 Å². The van der Waals surface area contributed by atoms with Gasteiger partial charge in [0.1, 0.15) is 0 Å². The number of rotatable bonds is 3. The first-order valence-corrected chi connectivity index (χ1v) is 9.43. The predicted molar refractivity (Wildman–Crippen MR) is 101 cm³/mol. The Morgan fingerprint density at radius 2 is 1.71 bits per heavy atom. The summed E-state index contributed by atoms with van der Waals surface area (Å²) in [6.07, 6.45) is -2.27. The van der Waals surface area contributed by atoms with E-state index in [9.17, 15) is 27.6 Å². The molecule has 1 aromatic heterocycles. The molecule has 1 unspecified atom stereocenters. The van der Waals surface area contributed by atoms with Crippen LogP contribution in [0.4, 0.5) is 13.2 Å². The van der Waals surface area contributed by atoms with Crippen LogP contribution in [0.15, 0.2) is 9.59 Å². The number of H-pyrrole nitrogens is 2. The summed E-state index contributed by atoms with van der Waals surface area (Å²) in [5.74, 6) is -3.30. The number of piperidine rings is 1. The lowest BCUT2D eigenvalue weighted by Gasteiger charge is -2.34. The molecule has 0 aromatic carbocycles. The van der Waals surface area contributed by atoms with E-state index in [4.69, 9.17) is 20.4 Å². The molecule has 1 atom stereocenters. The molecule has 174 valence electrons. The number of hydrogen-bond acceptors (Lipinski definition) is 7. The van der Waals surface area contributed by atoms with Gasteiger partial charge in [-0.3, -0.25) is 24.5 Å². The standard InChI is InChI=1S/C15H23N5O4.C2HF3O2/c1-24-12-11(17-15(23)18-13(12)21)14(22)20-7-4-10(8-20)19-5-2-9(16)3-6-19;3-2(4,5)1(6)7/h9-10H,2-8,16H2,1H3,(H2,17,18,21,23);(H,6,7). The maximum Gasteiger partial charge on any atom is 0.490 e. The number of carbonyl (C=O) groups is 2. The molecule has 2 aliphatic heterocycles. The van der Waals surface area contributed by atoms with Crippen LogP contribution in [-0.4, -0.2) is 88.3 Å². The number of aromatic amines is 2. The molecule has 0 bridgehead atoms.